The first-order chi connectivity index (χ1) is 10.1. The van der Waals surface area contributed by atoms with Gasteiger partial charge in [0.25, 0.3) is 0 Å². The highest BCUT2D eigenvalue weighted by Gasteiger charge is 2.41. The van der Waals surface area contributed by atoms with E-state index in [1.165, 1.54) is 17.7 Å². The Kier molecular flexibility index (Phi) is 2.87. The van der Waals surface area contributed by atoms with Gasteiger partial charge >= 0.3 is 5.97 Å². The van der Waals surface area contributed by atoms with Crippen molar-refractivity contribution in [2.75, 3.05) is 5.32 Å². The van der Waals surface area contributed by atoms with Crippen LogP contribution in [0.5, 0.6) is 0 Å². The number of hydrogen-bond donors (Lipinski definition) is 2. The van der Waals surface area contributed by atoms with Gasteiger partial charge in [0.1, 0.15) is 21.9 Å². The van der Waals surface area contributed by atoms with Gasteiger partial charge in [-0.25, -0.2) is 14.8 Å². The Morgan fingerprint density at radius 3 is 3.00 bits per heavy atom. The number of ether oxygens (including phenoxy) is 1. The summed E-state index contributed by atoms with van der Waals surface area (Å²) in [5.74, 6) is -0.188. The van der Waals surface area contributed by atoms with Crippen molar-refractivity contribution in [3.05, 3.63) is 16.8 Å². The van der Waals surface area contributed by atoms with E-state index in [1.807, 2.05) is 6.92 Å². The van der Waals surface area contributed by atoms with E-state index < -0.39 is 5.97 Å². The number of aryl methyl sites for hydroxylation is 1. The summed E-state index contributed by atoms with van der Waals surface area (Å²) in [6, 6.07) is 0.259. The molecule has 2 aliphatic rings. The molecule has 3 unspecified atom stereocenters. The van der Waals surface area contributed by atoms with Crippen molar-refractivity contribution in [2.24, 2.45) is 0 Å². The van der Waals surface area contributed by atoms with Crippen LogP contribution in [0.4, 0.5) is 5.82 Å². The molecule has 110 valence electrons. The minimum Gasteiger partial charge on any atom is -0.477 e. The quantitative estimate of drug-likeness (QED) is 0.906. The number of carboxylic acid groups (broad SMARTS) is 1. The SMILES string of the molecule is Cc1c(C(=O)O)sc2ncnc(NC3CC4CCC3O4)c12. The molecule has 2 aliphatic heterocycles. The zero-order valence-electron chi connectivity index (χ0n) is 11.5. The smallest absolute Gasteiger partial charge is 0.346 e. The van der Waals surface area contributed by atoms with Crippen LogP contribution in [-0.2, 0) is 4.74 Å². The molecule has 2 saturated heterocycles. The molecule has 6 nitrogen and oxygen atoms in total. The number of carbonyl (C=O) groups is 1. The van der Waals surface area contributed by atoms with Gasteiger partial charge < -0.3 is 15.2 Å². The molecule has 2 N–H and O–H groups in total. The van der Waals surface area contributed by atoms with Crippen LogP contribution in [0.25, 0.3) is 10.2 Å². The van der Waals surface area contributed by atoms with Crippen molar-refractivity contribution in [1.82, 2.24) is 9.97 Å². The largest absolute Gasteiger partial charge is 0.477 e. The Morgan fingerprint density at radius 1 is 1.48 bits per heavy atom. The lowest BCUT2D eigenvalue weighted by Gasteiger charge is -2.21. The number of fused-ring (bicyclic) bond motifs is 3. The van der Waals surface area contributed by atoms with Crippen LogP contribution in [0, 0.1) is 6.92 Å². The predicted molar refractivity (Wildman–Crippen MR) is 79.0 cm³/mol. The molecule has 0 spiro atoms. The molecule has 0 amide bonds. The minimum atomic E-state index is -0.912. The standard InChI is InChI=1S/C14H15N3O3S/c1-6-10-12(17-8-4-7-2-3-9(8)20-7)15-5-16-13(10)21-11(6)14(18)19/h5,7-9H,2-4H2,1H3,(H,18,19)(H,15,16,17). The molecule has 4 heterocycles. The number of aromatic nitrogens is 2. The van der Waals surface area contributed by atoms with Crippen molar-refractivity contribution in [3.63, 3.8) is 0 Å². The first-order valence-corrected chi connectivity index (χ1v) is 7.84. The molecular formula is C14H15N3O3S. The number of anilines is 1. The van der Waals surface area contributed by atoms with Crippen LogP contribution in [0.1, 0.15) is 34.5 Å². The molecule has 0 saturated carbocycles. The average Bonchev–Trinajstić information content (AvgIpc) is 3.13. The fourth-order valence-electron chi connectivity index (χ4n) is 3.35. The van der Waals surface area contributed by atoms with E-state index in [9.17, 15) is 9.90 Å². The first-order valence-electron chi connectivity index (χ1n) is 7.03. The summed E-state index contributed by atoms with van der Waals surface area (Å²) in [4.78, 5) is 20.8. The third-order valence-corrected chi connectivity index (χ3v) is 5.54. The van der Waals surface area contributed by atoms with Crippen molar-refractivity contribution in [2.45, 2.75) is 44.4 Å². The Hall–Kier alpha value is -1.73. The molecule has 2 aromatic rings. The van der Waals surface area contributed by atoms with E-state index in [4.69, 9.17) is 4.74 Å². The van der Waals surface area contributed by atoms with Crippen molar-refractivity contribution < 1.29 is 14.6 Å². The highest BCUT2D eigenvalue weighted by atomic mass is 32.1. The second kappa shape index (κ2) is 4.64. The number of hydrogen-bond acceptors (Lipinski definition) is 6. The van der Waals surface area contributed by atoms with E-state index in [0.29, 0.717) is 15.8 Å². The monoisotopic (exact) mass is 305 g/mol. The number of aromatic carboxylic acids is 1. The van der Waals surface area contributed by atoms with Gasteiger partial charge in [-0.15, -0.1) is 11.3 Å². The molecule has 2 bridgehead atoms. The predicted octanol–water partition coefficient (Wildman–Crippen LogP) is 2.43. The molecule has 2 fully saturated rings. The van der Waals surface area contributed by atoms with Gasteiger partial charge in [-0.2, -0.15) is 0 Å². The molecule has 0 aromatic carbocycles. The lowest BCUT2D eigenvalue weighted by molar-refractivity contribution is 0.0701. The number of rotatable bonds is 3. The van der Waals surface area contributed by atoms with Crippen LogP contribution in [0.2, 0.25) is 0 Å². The molecule has 4 rings (SSSR count). The van der Waals surface area contributed by atoms with E-state index in [1.54, 1.807) is 0 Å². The summed E-state index contributed by atoms with van der Waals surface area (Å²) in [6.45, 7) is 1.81. The minimum absolute atomic E-state index is 0.248. The Labute approximate surface area is 125 Å². The van der Waals surface area contributed by atoms with Crippen LogP contribution in [-0.4, -0.2) is 39.3 Å². The summed E-state index contributed by atoms with van der Waals surface area (Å²) < 4.78 is 5.85. The second-order valence-electron chi connectivity index (χ2n) is 5.62. The lowest BCUT2D eigenvalue weighted by Crippen LogP contribution is -2.30. The van der Waals surface area contributed by atoms with Crippen molar-refractivity contribution in [1.29, 1.82) is 0 Å². The third-order valence-electron chi connectivity index (χ3n) is 4.35. The highest BCUT2D eigenvalue weighted by molar-refractivity contribution is 7.20. The fourth-order valence-corrected chi connectivity index (χ4v) is 4.34. The van der Waals surface area contributed by atoms with Gasteiger partial charge in [0.2, 0.25) is 0 Å². The first kappa shape index (κ1) is 13.0. The van der Waals surface area contributed by atoms with Gasteiger partial charge in [0, 0.05) is 0 Å². The maximum atomic E-state index is 11.3. The van der Waals surface area contributed by atoms with E-state index in [-0.39, 0.29) is 12.1 Å². The molecule has 0 radical (unpaired) electrons. The molecule has 2 aromatic heterocycles. The highest BCUT2D eigenvalue weighted by Crippen LogP contribution is 2.38. The zero-order chi connectivity index (χ0) is 14.6. The number of nitrogens with zero attached hydrogens (tertiary/aromatic N) is 2. The number of nitrogens with one attached hydrogen (secondary N) is 1. The Bertz CT molecular complexity index is 730. The topological polar surface area (TPSA) is 84.3 Å². The van der Waals surface area contributed by atoms with Crippen LogP contribution in [0.3, 0.4) is 0 Å². The average molecular weight is 305 g/mol. The Balaban J connectivity index is 1.73. The summed E-state index contributed by atoms with van der Waals surface area (Å²) >= 11 is 1.20. The second-order valence-corrected chi connectivity index (χ2v) is 6.62. The maximum absolute atomic E-state index is 11.3. The maximum Gasteiger partial charge on any atom is 0.346 e. The summed E-state index contributed by atoms with van der Waals surface area (Å²) in [5, 5.41) is 13.5. The molecule has 0 aliphatic carbocycles. The third kappa shape index (κ3) is 1.99. The van der Waals surface area contributed by atoms with E-state index in [2.05, 4.69) is 15.3 Å². The molecule has 3 atom stereocenters. The number of thiophene rings is 1. The van der Waals surface area contributed by atoms with Gasteiger partial charge in [-0.1, -0.05) is 0 Å². The van der Waals surface area contributed by atoms with Crippen molar-refractivity contribution in [3.8, 4) is 0 Å². The number of carboxylic acids is 1. The van der Waals surface area contributed by atoms with Gasteiger partial charge in [-0.3, -0.25) is 0 Å². The Morgan fingerprint density at radius 2 is 2.33 bits per heavy atom. The van der Waals surface area contributed by atoms with Crippen LogP contribution >= 0.6 is 11.3 Å². The summed E-state index contributed by atoms with van der Waals surface area (Å²) in [5.41, 5.74) is 0.731. The van der Waals surface area contributed by atoms with E-state index >= 15 is 0 Å². The zero-order valence-corrected chi connectivity index (χ0v) is 12.3. The molecular weight excluding hydrogens is 290 g/mol. The van der Waals surface area contributed by atoms with Crippen LogP contribution < -0.4 is 5.32 Å². The van der Waals surface area contributed by atoms with Crippen LogP contribution in [0.15, 0.2) is 6.33 Å². The van der Waals surface area contributed by atoms with Gasteiger partial charge in [0.15, 0.2) is 0 Å². The van der Waals surface area contributed by atoms with E-state index in [0.717, 1.165) is 36.0 Å². The fraction of sp³-hybridized carbons (Fsp3) is 0.500. The lowest BCUT2D eigenvalue weighted by atomic mass is 9.95. The molecule has 7 heteroatoms. The van der Waals surface area contributed by atoms with Gasteiger partial charge in [0.05, 0.1) is 23.6 Å². The van der Waals surface area contributed by atoms with Gasteiger partial charge in [-0.05, 0) is 31.7 Å². The normalized spacial score (nSPS) is 27.4. The molecule has 21 heavy (non-hydrogen) atoms. The summed E-state index contributed by atoms with van der Waals surface area (Å²) in [7, 11) is 0. The van der Waals surface area contributed by atoms with Crippen molar-refractivity contribution >= 4 is 33.3 Å². The summed E-state index contributed by atoms with van der Waals surface area (Å²) in [6.07, 6.45) is 5.31.